The van der Waals surface area contributed by atoms with Gasteiger partial charge in [-0.05, 0) is 18.6 Å². The average molecular weight is 355 g/mol. The van der Waals surface area contributed by atoms with Gasteiger partial charge in [0.25, 0.3) is 11.5 Å². The average Bonchev–Trinajstić information content (AvgIpc) is 3.29. The maximum absolute atomic E-state index is 12.8. The molecule has 8 heteroatoms. The molecule has 1 atom stereocenters. The van der Waals surface area contributed by atoms with Crippen LogP contribution in [-0.4, -0.2) is 50.7 Å². The van der Waals surface area contributed by atoms with E-state index in [1.165, 1.54) is 4.57 Å². The maximum Gasteiger partial charge on any atom is 0.263 e. The van der Waals surface area contributed by atoms with Gasteiger partial charge in [0.15, 0.2) is 0 Å². The lowest BCUT2D eigenvalue weighted by molar-refractivity contribution is -0.117. The van der Waals surface area contributed by atoms with Crippen molar-refractivity contribution in [2.45, 2.75) is 12.8 Å². The first-order valence-electron chi connectivity index (χ1n) is 8.62. The topological polar surface area (TPSA) is 80.4 Å². The van der Waals surface area contributed by atoms with Crippen LogP contribution in [0.4, 0.5) is 5.69 Å². The van der Waals surface area contributed by atoms with Crippen molar-refractivity contribution in [2.24, 2.45) is 19.5 Å². The van der Waals surface area contributed by atoms with Crippen LogP contribution in [0.5, 0.6) is 0 Å². The van der Waals surface area contributed by atoms with E-state index in [1.54, 1.807) is 46.1 Å². The minimum Gasteiger partial charge on any atom is -0.338 e. The number of hydrogen-bond acceptors (Lipinski definition) is 4. The van der Waals surface area contributed by atoms with Gasteiger partial charge in [-0.25, -0.2) is 0 Å². The van der Waals surface area contributed by atoms with Gasteiger partial charge in [-0.15, -0.1) is 0 Å². The Labute approximate surface area is 150 Å². The molecule has 2 saturated heterocycles. The first-order chi connectivity index (χ1) is 12.4. The molecule has 136 valence electrons. The number of carbonyl (C=O) groups excluding carboxylic acids is 2. The van der Waals surface area contributed by atoms with Crippen molar-refractivity contribution in [3.05, 3.63) is 46.6 Å². The fourth-order valence-corrected chi connectivity index (χ4v) is 3.99. The summed E-state index contributed by atoms with van der Waals surface area (Å²) in [5.74, 6) is -0.196. The second-order valence-electron chi connectivity index (χ2n) is 7.34. The molecule has 0 N–H and O–H groups in total. The molecule has 2 aromatic heterocycles. The Bertz CT molecular complexity index is 946. The summed E-state index contributed by atoms with van der Waals surface area (Å²) >= 11 is 0. The van der Waals surface area contributed by atoms with Gasteiger partial charge in [-0.2, -0.15) is 5.10 Å². The summed E-state index contributed by atoms with van der Waals surface area (Å²) in [6.07, 6.45) is 6.31. The summed E-state index contributed by atoms with van der Waals surface area (Å²) in [6.45, 7) is 1.63. The molecule has 0 saturated carbocycles. The Morgan fingerprint density at radius 2 is 2.04 bits per heavy atom. The molecule has 2 amide bonds. The van der Waals surface area contributed by atoms with Crippen molar-refractivity contribution in [1.29, 1.82) is 0 Å². The molecule has 8 nitrogen and oxygen atoms in total. The van der Waals surface area contributed by atoms with E-state index in [2.05, 4.69) is 5.10 Å². The van der Waals surface area contributed by atoms with E-state index in [-0.39, 0.29) is 28.4 Å². The lowest BCUT2D eigenvalue weighted by Crippen LogP contribution is -2.37. The summed E-state index contributed by atoms with van der Waals surface area (Å²) in [5, 5.41) is 4.13. The second kappa shape index (κ2) is 5.82. The smallest absolute Gasteiger partial charge is 0.263 e. The number of aromatic nitrogens is 3. The summed E-state index contributed by atoms with van der Waals surface area (Å²) in [7, 11) is 3.45. The van der Waals surface area contributed by atoms with Gasteiger partial charge in [0, 0.05) is 58.0 Å². The maximum atomic E-state index is 12.8. The largest absolute Gasteiger partial charge is 0.338 e. The van der Waals surface area contributed by atoms with Crippen LogP contribution in [0.3, 0.4) is 0 Å². The summed E-state index contributed by atoms with van der Waals surface area (Å²) in [6, 6.07) is 3.26. The van der Waals surface area contributed by atoms with Crippen LogP contribution in [0, 0.1) is 5.41 Å². The number of aryl methyl sites for hydroxylation is 2. The van der Waals surface area contributed by atoms with Crippen molar-refractivity contribution in [3.8, 4) is 0 Å². The Morgan fingerprint density at radius 1 is 1.23 bits per heavy atom. The van der Waals surface area contributed by atoms with Crippen LogP contribution in [0.15, 0.2) is 35.5 Å². The van der Waals surface area contributed by atoms with Crippen molar-refractivity contribution in [3.63, 3.8) is 0 Å². The molecular weight excluding hydrogens is 334 g/mol. The molecule has 0 aliphatic carbocycles. The summed E-state index contributed by atoms with van der Waals surface area (Å²) in [5.41, 5.74) is 0.428. The molecule has 0 aromatic carbocycles. The minimum atomic E-state index is -0.294. The normalized spacial score (nSPS) is 22.6. The monoisotopic (exact) mass is 355 g/mol. The zero-order valence-electron chi connectivity index (χ0n) is 14.9. The van der Waals surface area contributed by atoms with E-state index in [9.17, 15) is 14.4 Å². The van der Waals surface area contributed by atoms with Crippen LogP contribution in [-0.2, 0) is 18.9 Å². The zero-order valence-corrected chi connectivity index (χ0v) is 14.9. The number of amides is 2. The Balaban J connectivity index is 1.53. The summed E-state index contributed by atoms with van der Waals surface area (Å²) in [4.78, 5) is 41.0. The van der Waals surface area contributed by atoms with Crippen LogP contribution < -0.4 is 10.5 Å². The second-order valence-corrected chi connectivity index (χ2v) is 7.34. The van der Waals surface area contributed by atoms with Gasteiger partial charge in [0.05, 0.1) is 11.9 Å². The quantitative estimate of drug-likeness (QED) is 0.780. The Kier molecular flexibility index (Phi) is 3.71. The van der Waals surface area contributed by atoms with Crippen molar-refractivity contribution in [1.82, 2.24) is 19.2 Å². The van der Waals surface area contributed by atoms with E-state index < -0.39 is 0 Å². The molecule has 4 rings (SSSR count). The van der Waals surface area contributed by atoms with Crippen molar-refractivity contribution >= 4 is 17.5 Å². The van der Waals surface area contributed by atoms with E-state index in [1.807, 2.05) is 13.2 Å². The molecule has 1 unspecified atom stereocenters. The molecule has 26 heavy (non-hydrogen) atoms. The fraction of sp³-hybridized carbons (Fsp3) is 0.444. The van der Waals surface area contributed by atoms with Crippen molar-refractivity contribution in [2.75, 3.05) is 24.5 Å². The highest BCUT2D eigenvalue weighted by Gasteiger charge is 2.49. The Morgan fingerprint density at radius 3 is 2.77 bits per heavy atom. The molecule has 2 aliphatic heterocycles. The molecular formula is C18H21N5O3. The highest BCUT2D eigenvalue weighted by molar-refractivity contribution is 5.97. The van der Waals surface area contributed by atoms with Crippen LogP contribution in [0.2, 0.25) is 0 Å². The first-order valence-corrected chi connectivity index (χ1v) is 8.62. The third-order valence-corrected chi connectivity index (χ3v) is 5.40. The number of likely N-dealkylation sites (tertiary alicyclic amines) is 1. The molecule has 2 fully saturated rings. The van der Waals surface area contributed by atoms with E-state index in [0.29, 0.717) is 26.1 Å². The van der Waals surface area contributed by atoms with Gasteiger partial charge in [0.2, 0.25) is 5.91 Å². The molecule has 2 aromatic rings. The minimum absolute atomic E-state index is 0.0583. The van der Waals surface area contributed by atoms with Crippen LogP contribution in [0.25, 0.3) is 0 Å². The first kappa shape index (κ1) is 16.6. The van der Waals surface area contributed by atoms with E-state index in [0.717, 1.165) is 12.1 Å². The van der Waals surface area contributed by atoms with Crippen LogP contribution >= 0.6 is 0 Å². The highest BCUT2D eigenvalue weighted by atomic mass is 16.2. The predicted molar refractivity (Wildman–Crippen MR) is 94.8 cm³/mol. The SMILES string of the molecule is Cn1cc(N2CC3(CCN(C(=O)c4cccn(C)c4=O)C3)CC2=O)cn1. The molecule has 4 heterocycles. The molecule has 1 spiro atoms. The van der Waals surface area contributed by atoms with Crippen molar-refractivity contribution < 1.29 is 9.59 Å². The number of anilines is 1. The predicted octanol–water partition coefficient (Wildman–Crippen LogP) is 0.388. The number of rotatable bonds is 2. The molecule has 2 aliphatic rings. The third-order valence-electron chi connectivity index (χ3n) is 5.40. The van der Waals surface area contributed by atoms with Gasteiger partial charge in [-0.1, -0.05) is 0 Å². The van der Waals surface area contributed by atoms with E-state index in [4.69, 9.17) is 0 Å². The zero-order chi connectivity index (χ0) is 18.5. The fourth-order valence-electron chi connectivity index (χ4n) is 3.99. The lowest BCUT2D eigenvalue weighted by atomic mass is 9.86. The van der Waals surface area contributed by atoms with Gasteiger partial charge in [0.1, 0.15) is 5.56 Å². The number of hydrogen-bond donors (Lipinski definition) is 0. The highest BCUT2D eigenvalue weighted by Crippen LogP contribution is 2.41. The Hall–Kier alpha value is -2.90. The van der Waals surface area contributed by atoms with Gasteiger partial charge in [-0.3, -0.25) is 19.1 Å². The van der Waals surface area contributed by atoms with Gasteiger partial charge >= 0.3 is 0 Å². The number of pyridine rings is 1. The molecule has 0 bridgehead atoms. The number of nitrogens with zero attached hydrogens (tertiary/aromatic N) is 5. The lowest BCUT2D eigenvalue weighted by Gasteiger charge is -2.23. The van der Waals surface area contributed by atoms with Crippen LogP contribution in [0.1, 0.15) is 23.2 Å². The standard InChI is InChI=1S/C18H21N5O3/c1-20-6-3-4-14(16(20)25)17(26)22-7-5-18(11-22)8-15(24)23(12-18)13-9-19-21(2)10-13/h3-4,6,9-10H,5,7-8,11-12H2,1-2H3. The van der Waals surface area contributed by atoms with Gasteiger partial charge < -0.3 is 14.4 Å². The summed E-state index contributed by atoms with van der Waals surface area (Å²) < 4.78 is 3.07. The third kappa shape index (κ3) is 2.61. The molecule has 0 radical (unpaired) electrons. The number of carbonyl (C=O) groups is 2. The van der Waals surface area contributed by atoms with E-state index >= 15 is 0 Å².